The molecule has 1 saturated carbocycles. The second-order valence-corrected chi connectivity index (χ2v) is 8.05. The van der Waals surface area contributed by atoms with Crippen LogP contribution in [-0.2, 0) is 15.1 Å². The number of carbonyl (C=O) groups is 2. The van der Waals surface area contributed by atoms with Crippen LogP contribution in [0.5, 0.6) is 0 Å². The van der Waals surface area contributed by atoms with Gasteiger partial charge in [-0.2, -0.15) is 0 Å². The number of hydrogen-bond acceptors (Lipinski definition) is 4. The lowest BCUT2D eigenvalue weighted by atomic mass is 9.74. The minimum atomic E-state index is -0.897. The van der Waals surface area contributed by atoms with E-state index in [-0.39, 0.29) is 11.8 Å². The number of benzene rings is 2. The summed E-state index contributed by atoms with van der Waals surface area (Å²) in [5, 5.41) is 4.15. The maximum Gasteiger partial charge on any atom is 0.338 e. The lowest BCUT2D eigenvalue weighted by molar-refractivity contribution is -0.131. The molecule has 30 heavy (non-hydrogen) atoms. The fourth-order valence-corrected chi connectivity index (χ4v) is 4.48. The Balaban J connectivity index is 1.86. The molecule has 158 valence electrons. The third-order valence-electron chi connectivity index (χ3n) is 5.50. The Morgan fingerprint density at radius 1 is 1.20 bits per heavy atom. The van der Waals surface area contributed by atoms with Gasteiger partial charge in [-0.1, -0.05) is 29.8 Å². The number of halogens is 1. The fourth-order valence-electron chi connectivity index (χ4n) is 3.91. The lowest BCUT2D eigenvalue weighted by Gasteiger charge is -2.45. The highest BCUT2D eigenvalue weighted by Gasteiger charge is 2.47. The molecule has 1 fully saturated rings. The predicted molar refractivity (Wildman–Crippen MR) is 123 cm³/mol. The molecule has 0 aromatic heterocycles. The van der Waals surface area contributed by atoms with Gasteiger partial charge in [-0.15, -0.1) is 0 Å². The highest BCUT2D eigenvalue weighted by atomic mass is 35.5. The third kappa shape index (κ3) is 4.35. The summed E-state index contributed by atoms with van der Waals surface area (Å²) in [5.41, 5.74) is 1.07. The molecule has 2 aromatic rings. The van der Waals surface area contributed by atoms with Crippen LogP contribution in [0.2, 0.25) is 5.02 Å². The van der Waals surface area contributed by atoms with Crippen molar-refractivity contribution in [2.45, 2.75) is 38.1 Å². The quantitative estimate of drug-likeness (QED) is 0.506. The minimum absolute atomic E-state index is 0.117. The number of anilines is 1. The predicted octanol–water partition coefficient (Wildman–Crippen LogP) is 5.18. The van der Waals surface area contributed by atoms with Crippen LogP contribution in [0.15, 0.2) is 48.5 Å². The number of thiocarbonyl (C=S) groups is 1. The smallest absolute Gasteiger partial charge is 0.338 e. The zero-order chi connectivity index (χ0) is 21.7. The highest BCUT2D eigenvalue weighted by Crippen LogP contribution is 2.42. The molecule has 1 N–H and O–H groups in total. The summed E-state index contributed by atoms with van der Waals surface area (Å²) < 4.78 is 5.01. The second kappa shape index (κ2) is 9.58. The second-order valence-electron chi connectivity index (χ2n) is 7.26. The van der Waals surface area contributed by atoms with Crippen molar-refractivity contribution in [2.75, 3.05) is 19.0 Å². The number of carbonyl (C=O) groups excluding carboxylic acids is 2. The molecule has 2 aromatic carbocycles. The van der Waals surface area contributed by atoms with Gasteiger partial charge < -0.3 is 15.0 Å². The highest BCUT2D eigenvalue weighted by molar-refractivity contribution is 7.80. The van der Waals surface area contributed by atoms with E-state index in [1.807, 2.05) is 30.1 Å². The first-order valence-corrected chi connectivity index (χ1v) is 10.8. The van der Waals surface area contributed by atoms with Gasteiger partial charge in [-0.3, -0.25) is 4.79 Å². The van der Waals surface area contributed by atoms with E-state index in [1.165, 1.54) is 0 Å². The van der Waals surface area contributed by atoms with Gasteiger partial charge in [-0.05, 0) is 68.7 Å². The first-order chi connectivity index (χ1) is 14.4. The van der Waals surface area contributed by atoms with Gasteiger partial charge in [0.2, 0.25) is 0 Å². The number of ether oxygens (including phenoxy) is 1. The zero-order valence-corrected chi connectivity index (χ0v) is 18.7. The van der Waals surface area contributed by atoms with Crippen molar-refractivity contribution in [3.8, 4) is 0 Å². The molecular weight excluding hydrogens is 420 g/mol. The lowest BCUT2D eigenvalue weighted by Crippen LogP contribution is -2.55. The van der Waals surface area contributed by atoms with Gasteiger partial charge in [0, 0.05) is 29.7 Å². The number of nitrogens with zero attached hydrogens (tertiary/aromatic N) is 1. The molecule has 0 amide bonds. The van der Waals surface area contributed by atoms with Crippen LogP contribution in [0, 0.1) is 0 Å². The van der Waals surface area contributed by atoms with Gasteiger partial charge >= 0.3 is 5.97 Å². The fraction of sp³-hybridized carbons (Fsp3) is 0.348. The Labute approximate surface area is 187 Å². The van der Waals surface area contributed by atoms with E-state index < -0.39 is 5.54 Å². The van der Waals surface area contributed by atoms with Gasteiger partial charge in [0.15, 0.2) is 10.9 Å². The van der Waals surface area contributed by atoms with E-state index >= 15 is 0 Å². The van der Waals surface area contributed by atoms with E-state index in [0.29, 0.717) is 35.1 Å². The van der Waals surface area contributed by atoms with Crippen LogP contribution in [0.4, 0.5) is 5.69 Å². The summed E-state index contributed by atoms with van der Waals surface area (Å²) in [4.78, 5) is 26.9. The number of esters is 1. The molecule has 0 radical (unpaired) electrons. The summed E-state index contributed by atoms with van der Waals surface area (Å²) in [7, 11) is 1.83. The SMILES string of the molecule is CCOC(=O)c1ccc(NC(=S)N(C)C2(c3ccccc3Cl)CCCCC2=O)cc1. The summed E-state index contributed by atoms with van der Waals surface area (Å²) in [5.74, 6) is -0.250. The van der Waals surface area contributed by atoms with Crippen molar-refractivity contribution in [1.29, 1.82) is 0 Å². The van der Waals surface area contributed by atoms with Crippen molar-refractivity contribution in [3.63, 3.8) is 0 Å². The average Bonchev–Trinajstić information content (AvgIpc) is 2.75. The topological polar surface area (TPSA) is 58.6 Å². The van der Waals surface area contributed by atoms with Crippen molar-refractivity contribution < 1.29 is 14.3 Å². The Hall–Kier alpha value is -2.44. The molecule has 0 spiro atoms. The number of hydrogen-bond donors (Lipinski definition) is 1. The summed E-state index contributed by atoms with van der Waals surface area (Å²) in [6.07, 6.45) is 2.93. The molecule has 0 saturated heterocycles. The van der Waals surface area contributed by atoms with Crippen molar-refractivity contribution in [3.05, 3.63) is 64.7 Å². The Morgan fingerprint density at radius 3 is 2.53 bits per heavy atom. The summed E-state index contributed by atoms with van der Waals surface area (Å²) in [6, 6.07) is 14.3. The van der Waals surface area contributed by atoms with E-state index in [4.69, 9.17) is 28.6 Å². The van der Waals surface area contributed by atoms with Crippen LogP contribution in [-0.4, -0.2) is 35.4 Å². The number of nitrogens with one attached hydrogen (secondary N) is 1. The van der Waals surface area contributed by atoms with E-state index in [2.05, 4.69) is 5.32 Å². The molecule has 0 bridgehead atoms. The number of likely N-dealkylation sites (N-methyl/N-ethyl adjacent to an activating group) is 1. The zero-order valence-electron chi connectivity index (χ0n) is 17.1. The van der Waals surface area contributed by atoms with E-state index in [1.54, 1.807) is 37.3 Å². The molecule has 1 unspecified atom stereocenters. The van der Waals surface area contributed by atoms with Crippen molar-refractivity contribution >= 4 is 46.4 Å². The van der Waals surface area contributed by atoms with Crippen LogP contribution in [0.25, 0.3) is 0 Å². The largest absolute Gasteiger partial charge is 0.462 e. The first-order valence-electron chi connectivity index (χ1n) is 10.0. The number of ketones is 1. The number of Topliss-reactive ketones (excluding diaryl/α,β-unsaturated/α-hetero) is 1. The standard InChI is InChI=1S/C23H25ClN2O3S/c1-3-29-21(28)16-11-13-17(14-12-16)25-22(30)26(2)23(15-7-6-10-20(23)27)18-8-4-5-9-19(18)24/h4-5,8-9,11-14H,3,6-7,10,15H2,1-2H3,(H,25,30). The molecule has 1 atom stereocenters. The molecule has 1 aliphatic rings. The van der Waals surface area contributed by atoms with Crippen LogP contribution in [0.3, 0.4) is 0 Å². The molecule has 1 aliphatic carbocycles. The molecule has 0 heterocycles. The van der Waals surface area contributed by atoms with Gasteiger partial charge in [-0.25, -0.2) is 4.79 Å². The Morgan fingerprint density at radius 2 is 1.90 bits per heavy atom. The Bertz CT molecular complexity index is 948. The normalized spacial score (nSPS) is 18.6. The maximum atomic E-state index is 13.2. The average molecular weight is 445 g/mol. The molecule has 7 heteroatoms. The van der Waals surface area contributed by atoms with E-state index in [0.717, 1.165) is 24.1 Å². The maximum absolute atomic E-state index is 13.2. The summed E-state index contributed by atoms with van der Waals surface area (Å²) in [6.45, 7) is 2.09. The Kier molecular flexibility index (Phi) is 7.10. The first kappa shape index (κ1) is 22.2. The summed E-state index contributed by atoms with van der Waals surface area (Å²) >= 11 is 12.2. The van der Waals surface area contributed by atoms with Gasteiger partial charge in [0.25, 0.3) is 0 Å². The van der Waals surface area contributed by atoms with E-state index in [9.17, 15) is 9.59 Å². The number of rotatable bonds is 5. The van der Waals surface area contributed by atoms with Gasteiger partial charge in [0.1, 0.15) is 5.54 Å². The molecular formula is C23H25ClN2O3S. The van der Waals surface area contributed by atoms with Crippen LogP contribution < -0.4 is 5.32 Å². The minimum Gasteiger partial charge on any atom is -0.462 e. The molecule has 3 rings (SSSR count). The van der Waals surface area contributed by atoms with Gasteiger partial charge in [0.05, 0.1) is 12.2 Å². The molecule has 5 nitrogen and oxygen atoms in total. The van der Waals surface area contributed by atoms with Crippen molar-refractivity contribution in [2.24, 2.45) is 0 Å². The third-order valence-corrected chi connectivity index (χ3v) is 6.20. The van der Waals surface area contributed by atoms with Crippen LogP contribution in [0.1, 0.15) is 48.5 Å². The molecule has 0 aliphatic heterocycles. The monoisotopic (exact) mass is 444 g/mol. The van der Waals surface area contributed by atoms with Crippen molar-refractivity contribution in [1.82, 2.24) is 4.90 Å². The van der Waals surface area contributed by atoms with Crippen LogP contribution >= 0.6 is 23.8 Å².